The summed E-state index contributed by atoms with van der Waals surface area (Å²) in [5, 5.41) is 3.08. The first-order chi connectivity index (χ1) is 8.69. The van der Waals surface area contributed by atoms with Crippen molar-refractivity contribution in [3.8, 4) is 0 Å². The van der Waals surface area contributed by atoms with Crippen LogP contribution in [0.5, 0.6) is 0 Å². The molecule has 1 radical (unpaired) electrons. The van der Waals surface area contributed by atoms with E-state index < -0.39 is 0 Å². The van der Waals surface area contributed by atoms with Gasteiger partial charge in [-0.05, 0) is 24.6 Å². The third-order valence-electron chi connectivity index (χ3n) is 2.26. The molecular weight excluding hydrogens is 266 g/mol. The van der Waals surface area contributed by atoms with Crippen molar-refractivity contribution in [3.05, 3.63) is 46.5 Å². The zero-order valence-electron chi connectivity index (χ0n) is 10.1. The van der Waals surface area contributed by atoms with E-state index in [-0.39, 0.29) is 5.97 Å². The highest BCUT2D eigenvalue weighted by molar-refractivity contribution is 8.00. The molecule has 3 nitrogen and oxygen atoms in total. The maximum absolute atomic E-state index is 11.4. The third-order valence-corrected chi connectivity index (χ3v) is 4.34. The Morgan fingerprint density at radius 3 is 3.06 bits per heavy atom. The lowest BCUT2D eigenvalue weighted by molar-refractivity contribution is 0.0600. The third kappa shape index (κ3) is 3.34. The van der Waals surface area contributed by atoms with Crippen LogP contribution in [0.2, 0.25) is 0 Å². The minimum Gasteiger partial charge on any atom is -0.465 e. The predicted molar refractivity (Wildman–Crippen MR) is 73.0 cm³/mol. The summed E-state index contributed by atoms with van der Waals surface area (Å²) in [6, 6.07) is 7.45. The standard InChI is InChI=1S/C13H12NO2S2/c1-9-7-17-13(14-9)18-8-10-4-3-5-11(6-10)12(15)16-2/h3-6H,8H2,1-2H3. The largest absolute Gasteiger partial charge is 0.465 e. The van der Waals surface area contributed by atoms with E-state index in [1.165, 1.54) is 18.4 Å². The van der Waals surface area contributed by atoms with Gasteiger partial charge in [0.15, 0.2) is 4.34 Å². The molecule has 0 amide bonds. The van der Waals surface area contributed by atoms with E-state index in [1.807, 2.05) is 25.1 Å². The van der Waals surface area contributed by atoms with Gasteiger partial charge in [0, 0.05) is 5.75 Å². The summed E-state index contributed by atoms with van der Waals surface area (Å²) in [7, 11) is 1.39. The summed E-state index contributed by atoms with van der Waals surface area (Å²) in [5.74, 6) is 0.478. The lowest BCUT2D eigenvalue weighted by Gasteiger charge is -2.02. The second kappa shape index (κ2) is 6.02. The average molecular weight is 278 g/mol. The molecule has 0 saturated heterocycles. The molecule has 0 aliphatic rings. The second-order valence-corrected chi connectivity index (χ2v) is 5.67. The summed E-state index contributed by atoms with van der Waals surface area (Å²) >= 11 is 3.17. The SMILES string of the molecule is COC(=O)c1cccc(CSc2nc(C)[c]s2)c1. The molecule has 2 rings (SSSR count). The van der Waals surface area contributed by atoms with E-state index in [2.05, 4.69) is 10.4 Å². The van der Waals surface area contributed by atoms with Gasteiger partial charge in [-0.3, -0.25) is 0 Å². The van der Waals surface area contributed by atoms with Crippen LogP contribution in [-0.2, 0) is 10.5 Å². The van der Waals surface area contributed by atoms with Crippen molar-refractivity contribution in [2.75, 3.05) is 7.11 Å². The maximum Gasteiger partial charge on any atom is 0.337 e. The number of hydrogen-bond acceptors (Lipinski definition) is 5. The van der Waals surface area contributed by atoms with Crippen LogP contribution in [0, 0.1) is 12.3 Å². The van der Waals surface area contributed by atoms with Crippen LogP contribution in [0.4, 0.5) is 0 Å². The normalized spacial score (nSPS) is 10.3. The minimum atomic E-state index is -0.305. The van der Waals surface area contributed by atoms with E-state index >= 15 is 0 Å². The van der Waals surface area contributed by atoms with Crippen LogP contribution < -0.4 is 0 Å². The predicted octanol–water partition coefficient (Wildman–Crippen LogP) is 3.33. The fourth-order valence-corrected chi connectivity index (χ4v) is 3.08. The first-order valence-electron chi connectivity index (χ1n) is 5.34. The van der Waals surface area contributed by atoms with Gasteiger partial charge in [-0.2, -0.15) is 0 Å². The van der Waals surface area contributed by atoms with Gasteiger partial charge in [-0.1, -0.05) is 23.9 Å². The molecule has 0 unspecified atom stereocenters. The lowest BCUT2D eigenvalue weighted by atomic mass is 10.1. The van der Waals surface area contributed by atoms with Gasteiger partial charge < -0.3 is 4.74 Å². The van der Waals surface area contributed by atoms with E-state index in [1.54, 1.807) is 17.8 Å². The molecule has 93 valence electrons. The number of thioether (sulfide) groups is 1. The first-order valence-corrected chi connectivity index (χ1v) is 7.14. The van der Waals surface area contributed by atoms with Crippen molar-refractivity contribution in [1.82, 2.24) is 4.98 Å². The molecule has 18 heavy (non-hydrogen) atoms. The number of aromatic nitrogens is 1. The fraction of sp³-hybridized carbons (Fsp3) is 0.231. The van der Waals surface area contributed by atoms with Crippen LogP contribution in [0.3, 0.4) is 0 Å². The quantitative estimate of drug-likeness (QED) is 0.635. The zero-order valence-corrected chi connectivity index (χ0v) is 11.7. The van der Waals surface area contributed by atoms with Gasteiger partial charge in [-0.15, -0.1) is 11.3 Å². The highest BCUT2D eigenvalue weighted by Gasteiger charge is 2.06. The maximum atomic E-state index is 11.4. The van der Waals surface area contributed by atoms with Crippen molar-refractivity contribution in [1.29, 1.82) is 0 Å². The van der Waals surface area contributed by atoms with Crippen LogP contribution in [-0.4, -0.2) is 18.1 Å². The van der Waals surface area contributed by atoms with E-state index in [0.29, 0.717) is 5.56 Å². The Kier molecular flexibility index (Phi) is 4.38. The Labute approximate surface area is 114 Å². The number of ether oxygens (including phenoxy) is 1. The van der Waals surface area contributed by atoms with Crippen LogP contribution in [0.15, 0.2) is 28.6 Å². The molecule has 1 aromatic heterocycles. The Morgan fingerprint density at radius 2 is 2.39 bits per heavy atom. The molecule has 0 N–H and O–H groups in total. The van der Waals surface area contributed by atoms with Crippen molar-refractivity contribution >= 4 is 29.1 Å². The molecule has 5 heteroatoms. The van der Waals surface area contributed by atoms with Crippen molar-refractivity contribution < 1.29 is 9.53 Å². The number of benzene rings is 1. The van der Waals surface area contributed by atoms with Gasteiger partial charge in [0.05, 0.1) is 23.7 Å². The highest BCUT2D eigenvalue weighted by Crippen LogP contribution is 2.25. The molecule has 0 fully saturated rings. The van der Waals surface area contributed by atoms with Gasteiger partial charge in [0.2, 0.25) is 0 Å². The average Bonchev–Trinajstić information content (AvgIpc) is 2.81. The van der Waals surface area contributed by atoms with Gasteiger partial charge >= 0.3 is 5.97 Å². The monoisotopic (exact) mass is 278 g/mol. The number of thiazole rings is 1. The molecule has 1 heterocycles. The number of carbonyl (C=O) groups is 1. The van der Waals surface area contributed by atoms with Crippen molar-refractivity contribution in [2.24, 2.45) is 0 Å². The van der Waals surface area contributed by atoms with Crippen molar-refractivity contribution in [3.63, 3.8) is 0 Å². The summed E-state index contributed by atoms with van der Waals surface area (Å²) in [6.07, 6.45) is 0. The number of hydrogen-bond donors (Lipinski definition) is 0. The molecule has 0 aliphatic carbocycles. The number of aryl methyl sites for hydroxylation is 1. The first kappa shape index (κ1) is 13.1. The molecule has 0 bridgehead atoms. The smallest absolute Gasteiger partial charge is 0.337 e. The van der Waals surface area contributed by atoms with Gasteiger partial charge in [0.1, 0.15) is 0 Å². The lowest BCUT2D eigenvalue weighted by Crippen LogP contribution is -2.01. The van der Waals surface area contributed by atoms with Crippen LogP contribution >= 0.6 is 23.1 Å². The number of rotatable bonds is 4. The van der Waals surface area contributed by atoms with Crippen LogP contribution in [0.25, 0.3) is 0 Å². The Bertz CT molecular complexity index is 551. The number of carbonyl (C=O) groups excluding carboxylic acids is 1. The molecule has 0 aliphatic heterocycles. The topological polar surface area (TPSA) is 39.2 Å². The van der Waals surface area contributed by atoms with Gasteiger partial charge in [-0.25, -0.2) is 9.78 Å². The Hall–Kier alpha value is -1.33. The Balaban J connectivity index is 2.03. The molecule has 2 aromatic rings. The van der Waals surface area contributed by atoms with E-state index in [0.717, 1.165) is 21.3 Å². The van der Waals surface area contributed by atoms with Crippen LogP contribution in [0.1, 0.15) is 21.6 Å². The fourth-order valence-electron chi connectivity index (χ4n) is 1.41. The second-order valence-electron chi connectivity index (χ2n) is 3.65. The minimum absolute atomic E-state index is 0.305. The molecular formula is C13H12NO2S2. The van der Waals surface area contributed by atoms with Crippen molar-refractivity contribution in [2.45, 2.75) is 17.0 Å². The summed E-state index contributed by atoms with van der Waals surface area (Å²) in [6.45, 7) is 1.93. The zero-order chi connectivity index (χ0) is 13.0. The highest BCUT2D eigenvalue weighted by atomic mass is 32.2. The molecule has 1 aromatic carbocycles. The van der Waals surface area contributed by atoms with Gasteiger partial charge in [0.25, 0.3) is 0 Å². The number of methoxy groups -OCH3 is 1. The number of esters is 1. The summed E-state index contributed by atoms with van der Waals surface area (Å²) < 4.78 is 5.69. The molecule has 0 spiro atoms. The number of nitrogens with zero attached hydrogens (tertiary/aromatic N) is 1. The van der Waals surface area contributed by atoms with E-state index in [9.17, 15) is 4.79 Å². The molecule has 0 atom stereocenters. The van der Waals surface area contributed by atoms with E-state index in [4.69, 9.17) is 4.74 Å². The summed E-state index contributed by atoms with van der Waals surface area (Å²) in [4.78, 5) is 15.7. The Morgan fingerprint density at radius 1 is 1.56 bits per heavy atom. The molecule has 0 saturated carbocycles. The summed E-state index contributed by atoms with van der Waals surface area (Å²) in [5.41, 5.74) is 2.58.